The Morgan fingerprint density at radius 1 is 1.29 bits per heavy atom. The number of aliphatic hydroxyl groups is 1. The molecule has 3 rings (SSSR count). The SMILES string of the molecule is CCCn1ccnc1CN1CC[C@](C)(O)[C@H](Cc2ccccc2)C1. The largest absolute Gasteiger partial charge is 0.390 e. The molecule has 0 unspecified atom stereocenters. The van der Waals surface area contributed by atoms with Crippen molar-refractivity contribution in [1.82, 2.24) is 14.5 Å². The predicted octanol–water partition coefficient (Wildman–Crippen LogP) is 3.11. The Morgan fingerprint density at radius 3 is 2.83 bits per heavy atom. The van der Waals surface area contributed by atoms with Gasteiger partial charge in [0.05, 0.1) is 12.1 Å². The van der Waals surface area contributed by atoms with Gasteiger partial charge in [0.25, 0.3) is 0 Å². The van der Waals surface area contributed by atoms with Crippen LogP contribution in [0.3, 0.4) is 0 Å². The molecule has 4 heteroatoms. The van der Waals surface area contributed by atoms with Crippen LogP contribution in [0, 0.1) is 5.92 Å². The van der Waals surface area contributed by atoms with E-state index >= 15 is 0 Å². The fourth-order valence-electron chi connectivity index (χ4n) is 3.65. The molecule has 1 aliphatic heterocycles. The van der Waals surface area contributed by atoms with E-state index in [1.54, 1.807) is 0 Å². The highest BCUT2D eigenvalue weighted by Gasteiger charge is 2.37. The monoisotopic (exact) mass is 327 g/mol. The standard InChI is InChI=1S/C20H29N3O/c1-3-11-23-13-10-21-19(23)16-22-12-9-20(2,24)18(15-22)14-17-7-5-4-6-8-17/h4-8,10,13,18,24H,3,9,11-12,14-16H2,1-2H3/t18-,20+/m1/s1. The first-order valence-electron chi connectivity index (χ1n) is 9.07. The molecule has 0 radical (unpaired) electrons. The molecule has 24 heavy (non-hydrogen) atoms. The van der Waals surface area contributed by atoms with Gasteiger partial charge < -0.3 is 9.67 Å². The van der Waals surface area contributed by atoms with Crippen molar-refractivity contribution < 1.29 is 5.11 Å². The number of nitrogens with zero attached hydrogens (tertiary/aromatic N) is 3. The minimum absolute atomic E-state index is 0.253. The lowest BCUT2D eigenvalue weighted by atomic mass is 9.79. The van der Waals surface area contributed by atoms with Gasteiger partial charge in [-0.1, -0.05) is 37.3 Å². The average Bonchev–Trinajstić information content (AvgIpc) is 2.99. The van der Waals surface area contributed by atoms with E-state index in [1.165, 1.54) is 5.56 Å². The van der Waals surface area contributed by atoms with Gasteiger partial charge in [-0.2, -0.15) is 0 Å². The van der Waals surface area contributed by atoms with Crippen molar-refractivity contribution in [1.29, 1.82) is 0 Å². The Morgan fingerprint density at radius 2 is 2.08 bits per heavy atom. The maximum absolute atomic E-state index is 10.8. The van der Waals surface area contributed by atoms with Crippen LogP contribution in [-0.4, -0.2) is 38.2 Å². The number of likely N-dealkylation sites (tertiary alicyclic amines) is 1. The van der Waals surface area contributed by atoms with Crippen molar-refractivity contribution in [3.63, 3.8) is 0 Å². The Bertz CT molecular complexity index is 635. The Hall–Kier alpha value is -1.65. The molecule has 2 heterocycles. The van der Waals surface area contributed by atoms with E-state index in [-0.39, 0.29) is 5.92 Å². The third kappa shape index (κ3) is 4.05. The summed E-state index contributed by atoms with van der Waals surface area (Å²) in [5, 5.41) is 10.8. The smallest absolute Gasteiger partial charge is 0.122 e. The summed E-state index contributed by atoms with van der Waals surface area (Å²) in [6.45, 7) is 7.93. The maximum atomic E-state index is 10.8. The summed E-state index contributed by atoms with van der Waals surface area (Å²) < 4.78 is 2.25. The highest BCUT2D eigenvalue weighted by Crippen LogP contribution is 2.31. The molecule has 0 bridgehead atoms. The van der Waals surface area contributed by atoms with E-state index in [1.807, 2.05) is 19.2 Å². The Labute approximate surface area is 145 Å². The molecule has 1 aromatic carbocycles. The average molecular weight is 327 g/mol. The lowest BCUT2D eigenvalue weighted by Crippen LogP contribution is -2.50. The number of aryl methyl sites for hydroxylation is 1. The van der Waals surface area contributed by atoms with Gasteiger partial charge in [-0.05, 0) is 31.7 Å². The van der Waals surface area contributed by atoms with E-state index in [9.17, 15) is 5.11 Å². The molecule has 0 aliphatic carbocycles. The number of rotatable bonds is 6. The normalized spacial score (nSPS) is 25.0. The molecular weight excluding hydrogens is 298 g/mol. The number of piperidine rings is 1. The highest BCUT2D eigenvalue weighted by molar-refractivity contribution is 5.16. The predicted molar refractivity (Wildman–Crippen MR) is 96.7 cm³/mol. The molecule has 0 amide bonds. The molecule has 1 fully saturated rings. The number of benzene rings is 1. The van der Waals surface area contributed by atoms with Gasteiger partial charge in [0.2, 0.25) is 0 Å². The van der Waals surface area contributed by atoms with Crippen LogP contribution in [0.4, 0.5) is 0 Å². The second kappa shape index (κ2) is 7.49. The van der Waals surface area contributed by atoms with Crippen LogP contribution in [0.1, 0.15) is 38.1 Å². The summed E-state index contributed by atoms with van der Waals surface area (Å²) in [7, 11) is 0. The van der Waals surface area contributed by atoms with Gasteiger partial charge in [-0.15, -0.1) is 0 Å². The molecule has 1 N–H and O–H groups in total. The third-order valence-corrected chi connectivity index (χ3v) is 5.25. The number of hydrogen-bond donors (Lipinski definition) is 1. The summed E-state index contributed by atoms with van der Waals surface area (Å²) in [5.41, 5.74) is 0.711. The molecule has 1 saturated heterocycles. The van der Waals surface area contributed by atoms with Crippen LogP contribution >= 0.6 is 0 Å². The van der Waals surface area contributed by atoms with E-state index in [2.05, 4.69) is 51.8 Å². The van der Waals surface area contributed by atoms with Crippen LogP contribution in [0.25, 0.3) is 0 Å². The van der Waals surface area contributed by atoms with Crippen LogP contribution in [0.2, 0.25) is 0 Å². The zero-order chi connectivity index (χ0) is 17.0. The fourth-order valence-corrected chi connectivity index (χ4v) is 3.65. The van der Waals surface area contributed by atoms with Crippen LogP contribution < -0.4 is 0 Å². The summed E-state index contributed by atoms with van der Waals surface area (Å²) in [6, 6.07) is 10.5. The Kier molecular flexibility index (Phi) is 5.36. The topological polar surface area (TPSA) is 41.3 Å². The second-order valence-corrected chi connectivity index (χ2v) is 7.27. The van der Waals surface area contributed by atoms with Gasteiger partial charge in [0, 0.05) is 37.9 Å². The zero-order valence-corrected chi connectivity index (χ0v) is 14.9. The minimum atomic E-state index is -0.592. The van der Waals surface area contributed by atoms with Gasteiger partial charge in [-0.25, -0.2) is 4.98 Å². The molecule has 130 valence electrons. The van der Waals surface area contributed by atoms with Gasteiger partial charge >= 0.3 is 0 Å². The molecule has 1 aliphatic rings. The third-order valence-electron chi connectivity index (χ3n) is 5.25. The first kappa shape index (κ1) is 17.2. The number of aromatic nitrogens is 2. The van der Waals surface area contributed by atoms with Gasteiger partial charge in [0.1, 0.15) is 5.82 Å². The summed E-state index contributed by atoms with van der Waals surface area (Å²) in [4.78, 5) is 6.98. The van der Waals surface area contributed by atoms with Gasteiger partial charge in [-0.3, -0.25) is 4.90 Å². The molecular formula is C20H29N3O. The maximum Gasteiger partial charge on any atom is 0.122 e. The highest BCUT2D eigenvalue weighted by atomic mass is 16.3. The van der Waals surface area contributed by atoms with Crippen LogP contribution in [0.5, 0.6) is 0 Å². The molecule has 2 aromatic rings. The number of imidazole rings is 1. The number of hydrogen-bond acceptors (Lipinski definition) is 3. The lowest BCUT2D eigenvalue weighted by Gasteiger charge is -2.42. The van der Waals surface area contributed by atoms with E-state index < -0.39 is 5.60 Å². The van der Waals surface area contributed by atoms with Crippen LogP contribution in [-0.2, 0) is 19.5 Å². The molecule has 0 spiro atoms. The molecule has 0 saturated carbocycles. The summed E-state index contributed by atoms with van der Waals surface area (Å²) in [5.74, 6) is 1.39. The van der Waals surface area contributed by atoms with Crippen molar-refractivity contribution in [3.8, 4) is 0 Å². The van der Waals surface area contributed by atoms with E-state index in [0.717, 1.165) is 51.3 Å². The van der Waals surface area contributed by atoms with Crippen LogP contribution in [0.15, 0.2) is 42.7 Å². The van der Waals surface area contributed by atoms with E-state index in [4.69, 9.17) is 0 Å². The van der Waals surface area contributed by atoms with Crippen molar-refractivity contribution in [2.75, 3.05) is 13.1 Å². The van der Waals surface area contributed by atoms with Gasteiger partial charge in [0.15, 0.2) is 0 Å². The van der Waals surface area contributed by atoms with Crippen molar-refractivity contribution in [3.05, 3.63) is 54.1 Å². The Balaban J connectivity index is 1.67. The summed E-state index contributed by atoms with van der Waals surface area (Å²) >= 11 is 0. The lowest BCUT2D eigenvalue weighted by molar-refractivity contribution is -0.0600. The van der Waals surface area contributed by atoms with E-state index in [0.29, 0.717) is 0 Å². The first-order chi connectivity index (χ1) is 11.6. The zero-order valence-electron chi connectivity index (χ0n) is 14.9. The second-order valence-electron chi connectivity index (χ2n) is 7.27. The fraction of sp³-hybridized carbons (Fsp3) is 0.550. The molecule has 1 aromatic heterocycles. The first-order valence-corrected chi connectivity index (χ1v) is 9.07. The van der Waals surface area contributed by atoms with Crippen molar-refractivity contribution >= 4 is 0 Å². The quantitative estimate of drug-likeness (QED) is 0.886. The van der Waals surface area contributed by atoms with Crippen molar-refractivity contribution in [2.45, 2.75) is 51.8 Å². The van der Waals surface area contributed by atoms with Crippen molar-refractivity contribution in [2.24, 2.45) is 5.92 Å². The molecule has 2 atom stereocenters. The molecule has 4 nitrogen and oxygen atoms in total. The minimum Gasteiger partial charge on any atom is -0.390 e. The summed E-state index contributed by atoms with van der Waals surface area (Å²) in [6.07, 6.45) is 6.83.